The molecule has 0 bridgehead atoms. The Morgan fingerprint density at radius 3 is 2.29 bits per heavy atom. The normalized spacial score (nSPS) is 9.71. The van der Waals surface area contributed by atoms with Gasteiger partial charge in [-0.25, -0.2) is 24.3 Å². The van der Waals surface area contributed by atoms with Crippen molar-refractivity contribution in [2.24, 2.45) is 0 Å². The van der Waals surface area contributed by atoms with Crippen LogP contribution < -0.4 is 0 Å². The number of aromatic nitrogens is 2. The first-order valence-corrected chi connectivity index (χ1v) is 6.71. The van der Waals surface area contributed by atoms with Crippen molar-refractivity contribution >= 4 is 10.9 Å². The fourth-order valence-electron chi connectivity index (χ4n) is 2.12. The molecule has 1 aromatic heterocycles. The minimum absolute atomic E-state index is 0. The summed E-state index contributed by atoms with van der Waals surface area (Å²) in [5, 5.41) is 5.70. The zero-order valence-corrected chi connectivity index (χ0v) is 12.6. The van der Waals surface area contributed by atoms with Gasteiger partial charge in [-0.1, -0.05) is 18.2 Å². The summed E-state index contributed by atoms with van der Waals surface area (Å²) in [7, 11) is 0. The molecule has 2 nitrogen and oxygen atoms in total. The molecule has 0 N–H and O–H groups in total. The molecule has 0 spiro atoms. The van der Waals surface area contributed by atoms with E-state index in [1.165, 1.54) is 10.9 Å². The molecule has 3 aromatic carbocycles. The van der Waals surface area contributed by atoms with Gasteiger partial charge in [0.1, 0.15) is 0 Å². The van der Waals surface area contributed by atoms with Gasteiger partial charge in [-0.2, -0.15) is 35.4 Å². The second kappa shape index (κ2) is 7.63. The Bertz CT molecular complexity index is 686. The maximum atomic E-state index is 4.50. The summed E-state index contributed by atoms with van der Waals surface area (Å²) >= 11 is 0. The summed E-state index contributed by atoms with van der Waals surface area (Å²) in [6.45, 7) is 0.849. The Labute approximate surface area is 135 Å². The molecule has 0 radical (unpaired) electrons. The van der Waals surface area contributed by atoms with Crippen LogP contribution in [-0.4, -0.2) is 9.78 Å². The van der Waals surface area contributed by atoms with Crippen molar-refractivity contribution in [2.75, 3.05) is 0 Å². The minimum atomic E-state index is 0. The molecule has 0 fully saturated rings. The average molecular weight is 316 g/mol. The topological polar surface area (TPSA) is 17.8 Å². The van der Waals surface area contributed by atoms with Gasteiger partial charge in [-0.15, -0.1) is 5.56 Å². The van der Waals surface area contributed by atoms with Crippen LogP contribution in [0, 0.1) is 0 Å². The van der Waals surface area contributed by atoms with E-state index in [1.54, 1.807) is 0 Å². The van der Waals surface area contributed by atoms with E-state index in [-0.39, 0.29) is 17.1 Å². The molecule has 3 heteroatoms. The molecule has 106 valence electrons. The largest absolute Gasteiger partial charge is 2.00 e. The van der Waals surface area contributed by atoms with Crippen molar-refractivity contribution in [1.29, 1.82) is 0 Å². The molecule has 21 heavy (non-hydrogen) atoms. The van der Waals surface area contributed by atoms with E-state index in [9.17, 15) is 0 Å². The molecule has 0 saturated heterocycles. The van der Waals surface area contributed by atoms with E-state index in [0.717, 1.165) is 12.1 Å². The van der Waals surface area contributed by atoms with Gasteiger partial charge in [0.15, 0.2) is 0 Å². The first-order chi connectivity index (χ1) is 9.92. The predicted molar refractivity (Wildman–Crippen MR) is 82.9 cm³/mol. The van der Waals surface area contributed by atoms with Crippen LogP contribution in [0.4, 0.5) is 0 Å². The van der Waals surface area contributed by atoms with Crippen LogP contribution in [-0.2, 0) is 23.6 Å². The molecule has 1 heterocycles. The summed E-state index contributed by atoms with van der Waals surface area (Å²) in [4.78, 5) is 0. The molecule has 4 aromatic rings. The van der Waals surface area contributed by atoms with E-state index < -0.39 is 0 Å². The van der Waals surface area contributed by atoms with Gasteiger partial charge in [0.25, 0.3) is 0 Å². The second-order valence-corrected chi connectivity index (χ2v) is 4.64. The third-order valence-corrected chi connectivity index (χ3v) is 3.09. The van der Waals surface area contributed by atoms with E-state index in [0.29, 0.717) is 0 Å². The zero-order valence-electron chi connectivity index (χ0n) is 11.5. The molecule has 0 atom stereocenters. The molecule has 0 saturated carbocycles. The summed E-state index contributed by atoms with van der Waals surface area (Å²) in [5.74, 6) is 0. The summed E-state index contributed by atoms with van der Waals surface area (Å²) in [6.07, 6.45) is 2.09. The van der Waals surface area contributed by atoms with Crippen molar-refractivity contribution in [3.63, 3.8) is 0 Å². The van der Waals surface area contributed by atoms with Crippen molar-refractivity contribution in [2.45, 2.75) is 6.54 Å². The molecule has 0 aliphatic rings. The fourth-order valence-corrected chi connectivity index (χ4v) is 2.12. The van der Waals surface area contributed by atoms with Crippen LogP contribution in [0.5, 0.6) is 0 Å². The maximum Gasteiger partial charge on any atom is 2.00 e. The van der Waals surface area contributed by atoms with Gasteiger partial charge >= 0.3 is 17.1 Å². The van der Waals surface area contributed by atoms with Gasteiger partial charge in [0, 0.05) is 18.1 Å². The van der Waals surface area contributed by atoms with Gasteiger partial charge < -0.3 is 0 Å². The second-order valence-electron chi connectivity index (χ2n) is 4.64. The molecule has 4 rings (SSSR count). The van der Waals surface area contributed by atoms with Crippen LogP contribution in [0.2, 0.25) is 0 Å². The summed E-state index contributed by atoms with van der Waals surface area (Å²) in [6, 6.07) is 26.5. The number of rotatable bonds is 2. The fraction of sp³-hybridized carbons (Fsp3) is 0.0556. The first kappa shape index (κ1) is 15.3. The predicted octanol–water partition coefficient (Wildman–Crippen LogP) is 4.21. The molecular formula is C18H16FeN2. The van der Waals surface area contributed by atoms with Crippen LogP contribution in [0.3, 0.4) is 0 Å². The Kier molecular flexibility index (Phi) is 5.56. The van der Waals surface area contributed by atoms with Crippen molar-refractivity contribution < 1.29 is 17.1 Å². The minimum Gasteiger partial charge on any atom is -0.279 e. The smallest absolute Gasteiger partial charge is 0.279 e. The zero-order chi connectivity index (χ0) is 13.6. The number of fused-ring (bicyclic) bond motifs is 1. The Balaban J connectivity index is 0.000000231. The number of hydrogen-bond donors (Lipinski definition) is 0. The quantitative estimate of drug-likeness (QED) is 0.400. The third kappa shape index (κ3) is 4.19. The number of benzene rings is 1. The SMILES string of the molecule is [Fe+2].c1cc[cH-]c1.c1ccc2nn(C[c-]3cccc3)cc2c1. The molecule has 0 amide bonds. The average Bonchev–Trinajstić information content (AvgIpc) is 3.22. The monoisotopic (exact) mass is 316 g/mol. The molecule has 0 unspecified atom stereocenters. The Morgan fingerprint density at radius 1 is 0.952 bits per heavy atom. The van der Waals surface area contributed by atoms with E-state index in [1.807, 2.05) is 53.2 Å². The van der Waals surface area contributed by atoms with Crippen molar-refractivity contribution in [3.8, 4) is 0 Å². The summed E-state index contributed by atoms with van der Waals surface area (Å²) in [5.41, 5.74) is 2.35. The van der Waals surface area contributed by atoms with E-state index in [2.05, 4.69) is 41.6 Å². The van der Waals surface area contributed by atoms with Gasteiger partial charge in [-0.3, -0.25) is 4.68 Å². The Morgan fingerprint density at radius 2 is 1.67 bits per heavy atom. The van der Waals surface area contributed by atoms with Crippen LogP contribution in [0.15, 0.2) is 85.1 Å². The number of nitrogens with zero attached hydrogens (tertiary/aromatic N) is 2. The van der Waals surface area contributed by atoms with Crippen LogP contribution >= 0.6 is 0 Å². The number of hydrogen-bond acceptors (Lipinski definition) is 1. The van der Waals surface area contributed by atoms with Gasteiger partial charge in [-0.05, 0) is 6.07 Å². The molecular weight excluding hydrogens is 300 g/mol. The van der Waals surface area contributed by atoms with Gasteiger partial charge in [0.2, 0.25) is 0 Å². The maximum absolute atomic E-state index is 4.50. The molecule has 0 aliphatic heterocycles. The van der Waals surface area contributed by atoms with Gasteiger partial charge in [0.05, 0.1) is 5.52 Å². The van der Waals surface area contributed by atoms with Crippen molar-refractivity contribution in [1.82, 2.24) is 9.78 Å². The van der Waals surface area contributed by atoms with Crippen molar-refractivity contribution in [3.05, 3.63) is 90.6 Å². The van der Waals surface area contributed by atoms with E-state index in [4.69, 9.17) is 0 Å². The first-order valence-electron chi connectivity index (χ1n) is 6.71. The summed E-state index contributed by atoms with van der Waals surface area (Å²) < 4.78 is 1.99. The Hall–Kier alpha value is -2.09. The third-order valence-electron chi connectivity index (χ3n) is 3.09. The standard InChI is InChI=1S/C13H11N2.C5H5.Fe/c1-2-6-11(5-1)9-15-10-12-7-3-4-8-13(12)14-15;1-2-4-5-3-1;/h1-8,10H,9H2;1-5H;/q2*-1;+2. The molecule has 0 aliphatic carbocycles. The van der Waals surface area contributed by atoms with E-state index >= 15 is 0 Å². The van der Waals surface area contributed by atoms with Crippen LogP contribution in [0.1, 0.15) is 5.56 Å². The van der Waals surface area contributed by atoms with Crippen LogP contribution in [0.25, 0.3) is 10.9 Å².